The van der Waals surface area contributed by atoms with Crippen LogP contribution in [0.1, 0.15) is 18.9 Å². The van der Waals surface area contributed by atoms with E-state index in [-0.39, 0.29) is 5.56 Å². The highest BCUT2D eigenvalue weighted by Gasteiger charge is 2.14. The molecule has 1 aromatic carbocycles. The van der Waals surface area contributed by atoms with Crippen LogP contribution in [0.2, 0.25) is 0 Å². The molecular formula is C20H17N3O3S. The van der Waals surface area contributed by atoms with Gasteiger partial charge in [0, 0.05) is 10.9 Å². The Morgan fingerprint density at radius 3 is 2.89 bits per heavy atom. The summed E-state index contributed by atoms with van der Waals surface area (Å²) in [6, 6.07) is 11.2. The smallest absolute Gasteiger partial charge is 0.283 e. The van der Waals surface area contributed by atoms with E-state index in [4.69, 9.17) is 9.15 Å². The Balaban J connectivity index is 1.64. The topological polar surface area (TPSA) is 69.6 Å². The largest absolute Gasteiger partial charge is 0.494 e. The molecule has 0 spiro atoms. The minimum absolute atomic E-state index is 0.230. The van der Waals surface area contributed by atoms with E-state index in [1.807, 2.05) is 35.7 Å². The van der Waals surface area contributed by atoms with Crippen LogP contribution in [0.3, 0.4) is 0 Å². The Labute approximate surface area is 159 Å². The zero-order valence-corrected chi connectivity index (χ0v) is 15.5. The number of hydrogen-bond acceptors (Lipinski definition) is 6. The molecule has 4 rings (SSSR count). The molecular weight excluding hydrogens is 362 g/mol. The van der Waals surface area contributed by atoms with Crippen molar-refractivity contribution in [2.24, 2.45) is 5.10 Å². The molecule has 136 valence electrons. The third-order valence-corrected chi connectivity index (χ3v) is 4.84. The molecule has 0 saturated carbocycles. The van der Waals surface area contributed by atoms with Gasteiger partial charge >= 0.3 is 0 Å². The van der Waals surface area contributed by atoms with Gasteiger partial charge in [-0.2, -0.15) is 9.78 Å². The van der Waals surface area contributed by atoms with Gasteiger partial charge in [0.2, 0.25) is 0 Å². The minimum atomic E-state index is -0.230. The maximum Gasteiger partial charge on any atom is 0.283 e. The fraction of sp³-hybridized carbons (Fsp3) is 0.150. The summed E-state index contributed by atoms with van der Waals surface area (Å²) in [4.78, 5) is 17.9. The van der Waals surface area contributed by atoms with E-state index < -0.39 is 0 Å². The number of furan rings is 1. The summed E-state index contributed by atoms with van der Waals surface area (Å²) >= 11 is 1.41. The maximum atomic E-state index is 12.9. The molecule has 0 fully saturated rings. The van der Waals surface area contributed by atoms with E-state index in [1.165, 1.54) is 22.3 Å². The van der Waals surface area contributed by atoms with Crippen LogP contribution in [-0.2, 0) is 0 Å². The van der Waals surface area contributed by atoms with Crippen LogP contribution < -0.4 is 10.3 Å². The number of aromatic nitrogens is 2. The molecule has 0 radical (unpaired) electrons. The quantitative estimate of drug-likeness (QED) is 0.466. The van der Waals surface area contributed by atoms with Crippen molar-refractivity contribution in [1.29, 1.82) is 0 Å². The molecule has 3 heterocycles. The average Bonchev–Trinajstić information content (AvgIpc) is 3.36. The maximum absolute atomic E-state index is 12.9. The van der Waals surface area contributed by atoms with E-state index in [0.29, 0.717) is 22.6 Å². The van der Waals surface area contributed by atoms with Gasteiger partial charge in [0.25, 0.3) is 5.56 Å². The second-order valence-electron chi connectivity index (χ2n) is 5.86. The molecule has 0 aliphatic rings. The summed E-state index contributed by atoms with van der Waals surface area (Å²) in [6.07, 6.45) is 5.60. The normalized spacial score (nSPS) is 11.4. The first kappa shape index (κ1) is 17.2. The molecule has 7 heteroatoms. The monoisotopic (exact) mass is 379 g/mol. The molecule has 27 heavy (non-hydrogen) atoms. The van der Waals surface area contributed by atoms with Crippen molar-refractivity contribution in [3.05, 3.63) is 70.3 Å². The van der Waals surface area contributed by atoms with Crippen molar-refractivity contribution in [3.63, 3.8) is 0 Å². The van der Waals surface area contributed by atoms with Crippen molar-refractivity contribution >= 4 is 27.8 Å². The standard InChI is InChI=1S/C20H17N3O3S/c1-2-9-25-15-7-5-14(6-8-15)11-22-23-13-21-19-18(20(23)24)16(12-27-19)17-4-3-10-26-17/h3-8,10-13H,2,9H2,1H3/b22-11-. The van der Waals surface area contributed by atoms with Gasteiger partial charge in [0.15, 0.2) is 0 Å². The van der Waals surface area contributed by atoms with E-state index >= 15 is 0 Å². The number of thiophene rings is 1. The van der Waals surface area contributed by atoms with Gasteiger partial charge in [-0.1, -0.05) is 6.92 Å². The second kappa shape index (κ2) is 7.59. The van der Waals surface area contributed by atoms with Gasteiger partial charge in [-0.15, -0.1) is 11.3 Å². The molecule has 0 aliphatic heterocycles. The van der Waals surface area contributed by atoms with E-state index in [9.17, 15) is 4.79 Å². The molecule has 3 aromatic heterocycles. The number of ether oxygens (including phenoxy) is 1. The number of fused-ring (bicyclic) bond motifs is 1. The lowest BCUT2D eigenvalue weighted by Gasteiger charge is -2.04. The lowest BCUT2D eigenvalue weighted by Crippen LogP contribution is -2.16. The highest BCUT2D eigenvalue weighted by molar-refractivity contribution is 7.17. The number of rotatable bonds is 6. The predicted octanol–water partition coefficient (Wildman–Crippen LogP) is 4.39. The Hall–Kier alpha value is -3.19. The van der Waals surface area contributed by atoms with Crippen LogP contribution in [0, 0.1) is 0 Å². The first-order valence-corrected chi connectivity index (χ1v) is 9.44. The zero-order chi connectivity index (χ0) is 18.6. The molecule has 0 aliphatic carbocycles. The first-order chi connectivity index (χ1) is 13.3. The fourth-order valence-electron chi connectivity index (χ4n) is 2.62. The summed E-state index contributed by atoms with van der Waals surface area (Å²) < 4.78 is 12.2. The second-order valence-corrected chi connectivity index (χ2v) is 6.72. The van der Waals surface area contributed by atoms with Crippen LogP contribution in [0.25, 0.3) is 21.5 Å². The summed E-state index contributed by atoms with van der Waals surface area (Å²) in [5.41, 5.74) is 1.37. The Morgan fingerprint density at radius 2 is 2.15 bits per heavy atom. The van der Waals surface area contributed by atoms with Crippen molar-refractivity contribution in [2.75, 3.05) is 6.61 Å². The van der Waals surface area contributed by atoms with E-state index in [0.717, 1.165) is 23.3 Å². The van der Waals surface area contributed by atoms with Gasteiger partial charge < -0.3 is 9.15 Å². The van der Waals surface area contributed by atoms with Gasteiger partial charge in [-0.25, -0.2) is 4.98 Å². The number of nitrogens with zero attached hydrogens (tertiary/aromatic N) is 3. The molecule has 0 amide bonds. The molecule has 0 atom stereocenters. The van der Waals surface area contributed by atoms with Gasteiger partial charge in [-0.05, 0) is 48.4 Å². The van der Waals surface area contributed by atoms with E-state index in [2.05, 4.69) is 17.0 Å². The molecule has 6 nitrogen and oxygen atoms in total. The molecule has 0 saturated heterocycles. The highest BCUT2D eigenvalue weighted by Crippen LogP contribution is 2.30. The minimum Gasteiger partial charge on any atom is -0.494 e. The fourth-order valence-corrected chi connectivity index (χ4v) is 3.50. The number of hydrogen-bond donors (Lipinski definition) is 0. The van der Waals surface area contributed by atoms with Crippen LogP contribution in [-0.4, -0.2) is 22.5 Å². The van der Waals surface area contributed by atoms with Gasteiger partial charge in [0.05, 0.1) is 24.5 Å². The van der Waals surface area contributed by atoms with Crippen LogP contribution in [0.15, 0.2) is 68.7 Å². The van der Waals surface area contributed by atoms with Gasteiger partial charge in [-0.3, -0.25) is 4.79 Å². The van der Waals surface area contributed by atoms with Crippen LogP contribution >= 0.6 is 11.3 Å². The van der Waals surface area contributed by atoms with Crippen LogP contribution in [0.5, 0.6) is 5.75 Å². The lowest BCUT2D eigenvalue weighted by molar-refractivity contribution is 0.317. The van der Waals surface area contributed by atoms with Gasteiger partial charge in [0.1, 0.15) is 22.7 Å². The highest BCUT2D eigenvalue weighted by atomic mass is 32.1. The van der Waals surface area contributed by atoms with Crippen molar-refractivity contribution < 1.29 is 9.15 Å². The Morgan fingerprint density at radius 1 is 1.30 bits per heavy atom. The third kappa shape index (κ3) is 3.54. The molecule has 0 bridgehead atoms. The van der Waals surface area contributed by atoms with Crippen molar-refractivity contribution in [3.8, 4) is 17.1 Å². The summed E-state index contributed by atoms with van der Waals surface area (Å²) in [6.45, 7) is 2.75. The third-order valence-electron chi connectivity index (χ3n) is 3.95. The summed E-state index contributed by atoms with van der Waals surface area (Å²) in [7, 11) is 0. The zero-order valence-electron chi connectivity index (χ0n) is 14.7. The lowest BCUT2D eigenvalue weighted by atomic mass is 10.2. The molecule has 4 aromatic rings. The van der Waals surface area contributed by atoms with Crippen molar-refractivity contribution in [2.45, 2.75) is 13.3 Å². The molecule has 0 N–H and O–H groups in total. The average molecular weight is 379 g/mol. The SMILES string of the molecule is CCCOc1ccc(/C=N\n2cnc3scc(-c4ccco4)c3c2=O)cc1. The Kier molecular flexibility index (Phi) is 4.84. The Bertz CT molecular complexity index is 1130. The van der Waals surface area contributed by atoms with Crippen LogP contribution in [0.4, 0.5) is 0 Å². The van der Waals surface area contributed by atoms with Crippen molar-refractivity contribution in [1.82, 2.24) is 9.66 Å². The van der Waals surface area contributed by atoms with E-state index in [1.54, 1.807) is 18.5 Å². The summed E-state index contributed by atoms with van der Waals surface area (Å²) in [5, 5.41) is 6.66. The summed E-state index contributed by atoms with van der Waals surface area (Å²) in [5.74, 6) is 1.46. The predicted molar refractivity (Wildman–Crippen MR) is 107 cm³/mol. The molecule has 0 unspecified atom stereocenters. The first-order valence-electron chi connectivity index (χ1n) is 8.56. The number of benzene rings is 1.